The number of ether oxygens (including phenoxy) is 1. The van der Waals surface area contributed by atoms with Crippen LogP contribution in [0.15, 0.2) is 88.6 Å². The average Bonchev–Trinajstić information content (AvgIpc) is 3.31. The summed E-state index contributed by atoms with van der Waals surface area (Å²) in [5.41, 5.74) is 5.27. The molecule has 2 heterocycles. The number of rotatable bonds is 7. The zero-order valence-corrected chi connectivity index (χ0v) is 17.9. The Morgan fingerprint density at radius 3 is 2.72 bits per heavy atom. The largest absolute Gasteiger partial charge is 0.490 e. The highest BCUT2D eigenvalue weighted by Crippen LogP contribution is 2.32. The number of nitrogens with zero attached hydrogens (tertiary/aromatic N) is 2. The van der Waals surface area contributed by atoms with Crippen LogP contribution < -0.4 is 10.2 Å². The van der Waals surface area contributed by atoms with Gasteiger partial charge in [0.15, 0.2) is 0 Å². The fourth-order valence-electron chi connectivity index (χ4n) is 3.26. The first kappa shape index (κ1) is 21.1. The Morgan fingerprint density at radius 2 is 1.91 bits per heavy atom. The minimum atomic E-state index is -0.324. The second-order valence-corrected chi connectivity index (χ2v) is 7.33. The zero-order valence-electron chi connectivity index (χ0n) is 17.9. The standard InChI is InChI=1S/C26H23N3O3/c1-18(2)32-25-14-6-4-12-21(25)24-17-22(20-11-3-5-13-23(20)28-24)26(30)29-27-15-7-9-19-10-8-16-31-19/h3-18H,1-2H3,(H,29,30)/b9-7-,27-15?. The molecular formula is C26H23N3O3. The minimum Gasteiger partial charge on any atom is -0.490 e. The van der Waals surface area contributed by atoms with Crippen LogP contribution in [-0.4, -0.2) is 23.2 Å². The molecule has 0 aliphatic heterocycles. The molecular weight excluding hydrogens is 402 g/mol. The number of carbonyl (C=O) groups excluding carboxylic acids is 1. The zero-order chi connectivity index (χ0) is 22.3. The monoisotopic (exact) mass is 425 g/mol. The number of carbonyl (C=O) groups is 1. The smallest absolute Gasteiger partial charge is 0.272 e. The van der Waals surface area contributed by atoms with Gasteiger partial charge in [0.2, 0.25) is 0 Å². The lowest BCUT2D eigenvalue weighted by Gasteiger charge is -2.15. The Morgan fingerprint density at radius 1 is 1.09 bits per heavy atom. The van der Waals surface area contributed by atoms with E-state index < -0.39 is 0 Å². The fourth-order valence-corrected chi connectivity index (χ4v) is 3.26. The highest BCUT2D eigenvalue weighted by Gasteiger charge is 2.16. The molecule has 6 nitrogen and oxygen atoms in total. The Balaban J connectivity index is 1.65. The van der Waals surface area contributed by atoms with Crippen LogP contribution in [0.4, 0.5) is 0 Å². The summed E-state index contributed by atoms with van der Waals surface area (Å²) in [5, 5.41) is 4.76. The maximum Gasteiger partial charge on any atom is 0.272 e. The molecule has 6 heteroatoms. The van der Waals surface area contributed by atoms with Crippen molar-refractivity contribution in [1.29, 1.82) is 0 Å². The van der Waals surface area contributed by atoms with Crippen molar-refractivity contribution in [3.8, 4) is 17.0 Å². The summed E-state index contributed by atoms with van der Waals surface area (Å²) in [6.07, 6.45) is 6.55. The van der Waals surface area contributed by atoms with Crippen molar-refractivity contribution in [1.82, 2.24) is 10.4 Å². The highest BCUT2D eigenvalue weighted by molar-refractivity contribution is 6.07. The van der Waals surface area contributed by atoms with E-state index in [0.29, 0.717) is 17.0 Å². The second-order valence-electron chi connectivity index (χ2n) is 7.33. The molecule has 0 fully saturated rings. The van der Waals surface area contributed by atoms with Gasteiger partial charge in [0.1, 0.15) is 11.5 Å². The Bertz CT molecular complexity index is 1270. The molecule has 0 spiro atoms. The van der Waals surface area contributed by atoms with Gasteiger partial charge >= 0.3 is 0 Å². The molecule has 1 N–H and O–H groups in total. The van der Waals surface area contributed by atoms with Crippen molar-refractivity contribution in [2.75, 3.05) is 0 Å². The normalized spacial score (nSPS) is 11.6. The third kappa shape index (κ3) is 4.92. The van der Waals surface area contributed by atoms with Crippen LogP contribution in [-0.2, 0) is 0 Å². The number of fused-ring (bicyclic) bond motifs is 1. The van der Waals surface area contributed by atoms with E-state index in [0.717, 1.165) is 22.2 Å². The third-order valence-corrected chi connectivity index (χ3v) is 4.62. The molecule has 0 saturated carbocycles. The van der Waals surface area contributed by atoms with Gasteiger partial charge in [-0.1, -0.05) is 30.3 Å². The molecule has 32 heavy (non-hydrogen) atoms. The summed E-state index contributed by atoms with van der Waals surface area (Å²) in [6, 6.07) is 20.6. The average molecular weight is 425 g/mol. The third-order valence-electron chi connectivity index (χ3n) is 4.62. The highest BCUT2D eigenvalue weighted by atomic mass is 16.5. The van der Waals surface area contributed by atoms with E-state index in [1.807, 2.05) is 68.4 Å². The molecule has 0 unspecified atom stereocenters. The second kappa shape index (κ2) is 9.75. The summed E-state index contributed by atoms with van der Waals surface area (Å²) >= 11 is 0. The molecule has 4 aromatic rings. The predicted octanol–water partition coefficient (Wildman–Crippen LogP) is 5.71. The van der Waals surface area contributed by atoms with Crippen molar-refractivity contribution < 1.29 is 13.9 Å². The lowest BCUT2D eigenvalue weighted by molar-refractivity contribution is 0.0956. The van der Waals surface area contributed by atoms with Gasteiger partial charge in [0.05, 0.1) is 29.1 Å². The topological polar surface area (TPSA) is 76.7 Å². The van der Waals surface area contributed by atoms with Crippen LogP contribution in [0.2, 0.25) is 0 Å². The number of furan rings is 1. The molecule has 2 aromatic carbocycles. The summed E-state index contributed by atoms with van der Waals surface area (Å²) in [6.45, 7) is 3.95. The lowest BCUT2D eigenvalue weighted by atomic mass is 10.0. The molecule has 0 aliphatic rings. The molecule has 0 saturated heterocycles. The van der Waals surface area contributed by atoms with Gasteiger partial charge in [0, 0.05) is 17.2 Å². The Hall–Kier alpha value is -4.19. The van der Waals surface area contributed by atoms with Crippen molar-refractivity contribution >= 4 is 29.1 Å². The first-order chi connectivity index (χ1) is 15.6. The van der Waals surface area contributed by atoms with Gasteiger partial charge < -0.3 is 9.15 Å². The maximum atomic E-state index is 13.0. The maximum absolute atomic E-state index is 13.0. The number of benzene rings is 2. The summed E-state index contributed by atoms with van der Waals surface area (Å²) in [4.78, 5) is 17.7. The quantitative estimate of drug-likeness (QED) is 0.304. The van der Waals surface area contributed by atoms with E-state index in [-0.39, 0.29) is 12.0 Å². The van der Waals surface area contributed by atoms with Crippen LogP contribution in [0, 0.1) is 0 Å². The van der Waals surface area contributed by atoms with E-state index in [9.17, 15) is 4.79 Å². The number of amides is 1. The number of hydrogen-bond acceptors (Lipinski definition) is 5. The van der Waals surface area contributed by atoms with E-state index in [1.54, 1.807) is 30.5 Å². The van der Waals surface area contributed by atoms with Gasteiger partial charge in [-0.3, -0.25) is 4.79 Å². The van der Waals surface area contributed by atoms with Gasteiger partial charge in [0.25, 0.3) is 5.91 Å². The summed E-state index contributed by atoms with van der Waals surface area (Å²) < 4.78 is 11.2. The van der Waals surface area contributed by atoms with E-state index >= 15 is 0 Å². The summed E-state index contributed by atoms with van der Waals surface area (Å²) in [7, 11) is 0. The number of allylic oxidation sites excluding steroid dienone is 1. The van der Waals surface area contributed by atoms with Crippen molar-refractivity contribution in [3.05, 3.63) is 90.4 Å². The molecule has 0 radical (unpaired) electrons. The van der Waals surface area contributed by atoms with E-state index in [4.69, 9.17) is 14.1 Å². The van der Waals surface area contributed by atoms with Crippen molar-refractivity contribution in [3.63, 3.8) is 0 Å². The molecule has 2 aromatic heterocycles. The number of hydrazone groups is 1. The van der Waals surface area contributed by atoms with Crippen LogP contribution in [0.5, 0.6) is 5.75 Å². The SMILES string of the molecule is CC(C)Oc1ccccc1-c1cc(C(=O)NN=C/C=C\c2ccco2)c2ccccc2n1. The predicted molar refractivity (Wildman–Crippen MR) is 127 cm³/mol. The van der Waals surface area contributed by atoms with Crippen LogP contribution in [0.3, 0.4) is 0 Å². The minimum absolute atomic E-state index is 0.0166. The van der Waals surface area contributed by atoms with Gasteiger partial charge in [-0.25, -0.2) is 10.4 Å². The fraction of sp³-hybridized carbons (Fsp3) is 0.115. The summed E-state index contributed by atoms with van der Waals surface area (Å²) in [5.74, 6) is 1.10. The van der Waals surface area contributed by atoms with Gasteiger partial charge in [-0.05, 0) is 62.4 Å². The van der Waals surface area contributed by atoms with E-state index in [2.05, 4.69) is 10.5 Å². The number of nitrogens with one attached hydrogen (secondary N) is 1. The van der Waals surface area contributed by atoms with Crippen LogP contribution >= 0.6 is 0 Å². The van der Waals surface area contributed by atoms with E-state index in [1.165, 1.54) is 6.21 Å². The molecule has 0 aliphatic carbocycles. The first-order valence-electron chi connectivity index (χ1n) is 10.3. The molecule has 4 rings (SSSR count). The van der Waals surface area contributed by atoms with Crippen LogP contribution in [0.1, 0.15) is 30.0 Å². The Kier molecular flexibility index (Phi) is 6.41. The molecule has 0 atom stereocenters. The number of para-hydroxylation sites is 2. The van der Waals surface area contributed by atoms with Gasteiger partial charge in [-0.15, -0.1) is 0 Å². The lowest BCUT2D eigenvalue weighted by Crippen LogP contribution is -2.18. The number of aromatic nitrogens is 1. The van der Waals surface area contributed by atoms with Crippen molar-refractivity contribution in [2.45, 2.75) is 20.0 Å². The number of hydrogen-bond donors (Lipinski definition) is 1. The first-order valence-corrected chi connectivity index (χ1v) is 10.3. The molecule has 160 valence electrons. The Labute approximate surface area is 186 Å². The molecule has 1 amide bonds. The van der Waals surface area contributed by atoms with Crippen molar-refractivity contribution in [2.24, 2.45) is 5.10 Å². The molecule has 0 bridgehead atoms. The van der Waals surface area contributed by atoms with Gasteiger partial charge in [-0.2, -0.15) is 5.10 Å². The van der Waals surface area contributed by atoms with Crippen LogP contribution in [0.25, 0.3) is 28.2 Å². The number of pyridine rings is 1.